The molecule has 1 fully saturated rings. The van der Waals surface area contributed by atoms with E-state index in [2.05, 4.69) is 0 Å². The number of amides is 1. The zero-order chi connectivity index (χ0) is 15.8. The van der Waals surface area contributed by atoms with E-state index in [-0.39, 0.29) is 19.0 Å². The van der Waals surface area contributed by atoms with Crippen molar-refractivity contribution in [3.63, 3.8) is 0 Å². The molecule has 0 spiro atoms. The molecule has 1 atom stereocenters. The quantitative estimate of drug-likeness (QED) is 0.619. The largest absolute Gasteiger partial charge is 0.367 e. The molecular weight excluding hydrogens is 307 g/mol. The molecule has 1 saturated heterocycles. The van der Waals surface area contributed by atoms with Crippen LogP contribution in [0.2, 0.25) is 0 Å². The minimum Gasteiger partial charge on any atom is -0.367 e. The van der Waals surface area contributed by atoms with E-state index in [9.17, 15) is 18.0 Å². The maximum atomic E-state index is 13.7. The third-order valence-corrected chi connectivity index (χ3v) is 3.55. The van der Waals surface area contributed by atoms with Gasteiger partial charge in [-0.05, 0) is 26.0 Å². The molecule has 7 heteroatoms. The van der Waals surface area contributed by atoms with E-state index in [1.165, 1.54) is 4.90 Å². The van der Waals surface area contributed by atoms with Crippen molar-refractivity contribution < 1.29 is 22.7 Å². The van der Waals surface area contributed by atoms with Gasteiger partial charge in [0.05, 0.1) is 23.1 Å². The standard InChI is InChI=1S/C14H15ClF3NO2/c1-14(2)7-19(6-8(5-15)21-14)13(20)9-3-4-10(16)12(18)11(9)17/h3-4,8H,5-7H2,1-2H3. The zero-order valence-electron chi connectivity index (χ0n) is 11.6. The molecule has 0 aliphatic carbocycles. The summed E-state index contributed by atoms with van der Waals surface area (Å²) in [5.74, 6) is -5.00. The molecule has 0 aromatic heterocycles. The molecule has 116 valence electrons. The molecule has 21 heavy (non-hydrogen) atoms. The van der Waals surface area contributed by atoms with Crippen molar-refractivity contribution in [1.82, 2.24) is 4.90 Å². The second-order valence-electron chi connectivity index (χ2n) is 5.56. The maximum Gasteiger partial charge on any atom is 0.257 e. The first kappa shape index (κ1) is 16.1. The summed E-state index contributed by atoms with van der Waals surface area (Å²) < 4.78 is 45.6. The summed E-state index contributed by atoms with van der Waals surface area (Å²) in [7, 11) is 0. The molecular formula is C14H15ClF3NO2. The van der Waals surface area contributed by atoms with Crippen LogP contribution in [0.3, 0.4) is 0 Å². The molecule has 1 unspecified atom stereocenters. The topological polar surface area (TPSA) is 29.5 Å². The molecule has 1 amide bonds. The van der Waals surface area contributed by atoms with Crippen molar-refractivity contribution in [3.8, 4) is 0 Å². The van der Waals surface area contributed by atoms with Gasteiger partial charge in [-0.15, -0.1) is 11.6 Å². The number of nitrogens with zero attached hydrogens (tertiary/aromatic N) is 1. The van der Waals surface area contributed by atoms with Gasteiger partial charge in [0.25, 0.3) is 5.91 Å². The van der Waals surface area contributed by atoms with Gasteiger partial charge in [0.1, 0.15) is 0 Å². The lowest BCUT2D eigenvalue weighted by molar-refractivity contribution is -0.117. The molecule has 1 aromatic carbocycles. The van der Waals surface area contributed by atoms with Crippen molar-refractivity contribution >= 4 is 17.5 Å². The summed E-state index contributed by atoms with van der Waals surface area (Å²) in [6, 6.07) is 1.67. The Kier molecular flexibility index (Phi) is 4.49. The van der Waals surface area contributed by atoms with Crippen LogP contribution < -0.4 is 0 Å². The van der Waals surface area contributed by atoms with Gasteiger partial charge >= 0.3 is 0 Å². The van der Waals surface area contributed by atoms with Gasteiger partial charge in [-0.1, -0.05) is 0 Å². The Morgan fingerprint density at radius 3 is 2.67 bits per heavy atom. The lowest BCUT2D eigenvalue weighted by atomic mass is 10.0. The molecule has 1 aliphatic heterocycles. The second kappa shape index (κ2) is 5.85. The first-order chi connectivity index (χ1) is 9.75. The Morgan fingerprint density at radius 2 is 2.05 bits per heavy atom. The highest BCUT2D eigenvalue weighted by molar-refractivity contribution is 6.18. The fourth-order valence-electron chi connectivity index (χ4n) is 2.39. The SMILES string of the molecule is CC1(C)CN(C(=O)c2ccc(F)c(F)c2F)CC(CCl)O1. The van der Waals surface area contributed by atoms with Crippen LogP contribution in [-0.4, -0.2) is 41.5 Å². The summed E-state index contributed by atoms with van der Waals surface area (Å²) in [6.45, 7) is 3.92. The number of halogens is 4. The first-order valence-corrected chi connectivity index (χ1v) is 6.95. The van der Waals surface area contributed by atoms with E-state index in [1.807, 2.05) is 0 Å². The highest BCUT2D eigenvalue weighted by atomic mass is 35.5. The number of carbonyl (C=O) groups is 1. The number of hydrogen-bond donors (Lipinski definition) is 0. The van der Waals surface area contributed by atoms with Crippen molar-refractivity contribution in [2.75, 3.05) is 19.0 Å². The Hall–Kier alpha value is -1.27. The molecule has 2 rings (SSSR count). The molecule has 0 N–H and O–H groups in total. The van der Waals surface area contributed by atoms with Crippen LogP contribution in [0.25, 0.3) is 0 Å². The first-order valence-electron chi connectivity index (χ1n) is 6.41. The van der Waals surface area contributed by atoms with E-state index < -0.39 is 40.6 Å². The number of ether oxygens (including phenoxy) is 1. The lowest BCUT2D eigenvalue weighted by Crippen LogP contribution is -2.55. The summed E-state index contributed by atoms with van der Waals surface area (Å²) >= 11 is 5.75. The molecule has 3 nitrogen and oxygen atoms in total. The Labute approximate surface area is 125 Å². The predicted molar refractivity (Wildman–Crippen MR) is 71.9 cm³/mol. The average molecular weight is 322 g/mol. The van der Waals surface area contributed by atoms with E-state index in [0.717, 1.165) is 12.1 Å². The normalized spacial score (nSPS) is 21.4. The molecule has 1 aromatic rings. The van der Waals surface area contributed by atoms with Gasteiger partial charge in [-0.3, -0.25) is 4.79 Å². The smallest absolute Gasteiger partial charge is 0.257 e. The van der Waals surface area contributed by atoms with Crippen molar-refractivity contribution in [3.05, 3.63) is 35.1 Å². The van der Waals surface area contributed by atoms with Crippen molar-refractivity contribution in [1.29, 1.82) is 0 Å². The minimum absolute atomic E-state index is 0.171. The molecule has 0 saturated carbocycles. The van der Waals surface area contributed by atoms with Crippen LogP contribution in [0.5, 0.6) is 0 Å². The van der Waals surface area contributed by atoms with Gasteiger partial charge in [0, 0.05) is 13.1 Å². The van der Waals surface area contributed by atoms with Crippen LogP contribution in [0.4, 0.5) is 13.2 Å². The van der Waals surface area contributed by atoms with Gasteiger partial charge in [0.15, 0.2) is 17.5 Å². The van der Waals surface area contributed by atoms with E-state index >= 15 is 0 Å². The fraction of sp³-hybridized carbons (Fsp3) is 0.500. The van der Waals surface area contributed by atoms with Crippen molar-refractivity contribution in [2.24, 2.45) is 0 Å². The number of hydrogen-bond acceptors (Lipinski definition) is 2. The minimum atomic E-state index is -1.65. The third kappa shape index (κ3) is 3.32. The molecule has 1 heterocycles. The van der Waals surface area contributed by atoms with Crippen LogP contribution in [0.15, 0.2) is 12.1 Å². The predicted octanol–water partition coefficient (Wildman–Crippen LogP) is 2.96. The Morgan fingerprint density at radius 1 is 1.38 bits per heavy atom. The van der Waals surface area contributed by atoms with Crippen LogP contribution in [0, 0.1) is 17.5 Å². The molecule has 1 aliphatic rings. The maximum absolute atomic E-state index is 13.7. The van der Waals surface area contributed by atoms with Gasteiger partial charge in [0.2, 0.25) is 0 Å². The number of alkyl halides is 1. The fourth-order valence-corrected chi connectivity index (χ4v) is 2.55. The number of carbonyl (C=O) groups excluding carboxylic acids is 1. The van der Waals surface area contributed by atoms with Crippen LogP contribution in [-0.2, 0) is 4.74 Å². The van der Waals surface area contributed by atoms with E-state index in [4.69, 9.17) is 16.3 Å². The Balaban J connectivity index is 2.29. The Bertz CT molecular complexity index is 565. The summed E-state index contributed by atoms with van der Waals surface area (Å²) in [4.78, 5) is 13.7. The lowest BCUT2D eigenvalue weighted by Gasteiger charge is -2.42. The van der Waals surface area contributed by atoms with Crippen LogP contribution in [0.1, 0.15) is 24.2 Å². The highest BCUT2D eigenvalue weighted by Gasteiger charge is 2.36. The molecule has 0 bridgehead atoms. The average Bonchev–Trinajstić information content (AvgIpc) is 2.42. The van der Waals surface area contributed by atoms with Gasteiger partial charge in [-0.25, -0.2) is 13.2 Å². The van der Waals surface area contributed by atoms with Gasteiger partial charge in [-0.2, -0.15) is 0 Å². The number of morpholine rings is 1. The summed E-state index contributed by atoms with van der Waals surface area (Å²) in [5, 5.41) is 0. The highest BCUT2D eigenvalue weighted by Crippen LogP contribution is 2.24. The van der Waals surface area contributed by atoms with Gasteiger partial charge < -0.3 is 9.64 Å². The second-order valence-corrected chi connectivity index (χ2v) is 5.87. The summed E-state index contributed by atoms with van der Waals surface area (Å²) in [6.07, 6.45) is -0.396. The summed E-state index contributed by atoms with van der Waals surface area (Å²) in [5.41, 5.74) is -1.15. The van der Waals surface area contributed by atoms with Crippen molar-refractivity contribution in [2.45, 2.75) is 25.6 Å². The monoisotopic (exact) mass is 321 g/mol. The molecule has 0 radical (unpaired) electrons. The van der Waals surface area contributed by atoms with E-state index in [1.54, 1.807) is 13.8 Å². The third-order valence-electron chi connectivity index (χ3n) is 3.21. The number of rotatable bonds is 2. The zero-order valence-corrected chi connectivity index (χ0v) is 12.4. The van der Waals surface area contributed by atoms with E-state index in [0.29, 0.717) is 0 Å². The number of benzene rings is 1. The van der Waals surface area contributed by atoms with Crippen LogP contribution >= 0.6 is 11.6 Å².